The molecule has 3 amide bonds. The molecule has 6 nitrogen and oxygen atoms in total. The average molecular weight is 276 g/mol. The van der Waals surface area contributed by atoms with Gasteiger partial charge in [-0.25, -0.2) is 9.69 Å². The van der Waals surface area contributed by atoms with Gasteiger partial charge in [-0.05, 0) is 24.3 Å². The Balaban J connectivity index is 1.87. The van der Waals surface area contributed by atoms with Gasteiger partial charge >= 0.3 is 6.03 Å². The van der Waals surface area contributed by atoms with Crippen LogP contribution in [0.25, 0.3) is 0 Å². The van der Waals surface area contributed by atoms with Crippen LogP contribution in [0, 0.1) is 0 Å². The van der Waals surface area contributed by atoms with Crippen molar-refractivity contribution in [1.82, 2.24) is 4.90 Å². The van der Waals surface area contributed by atoms with Gasteiger partial charge in [0.05, 0.1) is 38.5 Å². The zero-order valence-corrected chi connectivity index (χ0v) is 11.2. The minimum Gasteiger partial charge on any atom is -0.497 e. The summed E-state index contributed by atoms with van der Waals surface area (Å²) in [6.45, 7) is 1.49. The van der Waals surface area contributed by atoms with E-state index in [2.05, 4.69) is 0 Å². The first-order chi connectivity index (χ1) is 9.70. The van der Waals surface area contributed by atoms with Crippen LogP contribution in [0.5, 0.6) is 5.75 Å². The number of carbonyl (C=O) groups is 2. The first-order valence-corrected chi connectivity index (χ1v) is 6.56. The van der Waals surface area contributed by atoms with E-state index in [9.17, 15) is 9.59 Å². The largest absolute Gasteiger partial charge is 0.497 e. The van der Waals surface area contributed by atoms with Crippen molar-refractivity contribution in [1.29, 1.82) is 0 Å². The van der Waals surface area contributed by atoms with Gasteiger partial charge in [0, 0.05) is 6.54 Å². The Morgan fingerprint density at radius 1 is 1.25 bits per heavy atom. The first-order valence-electron chi connectivity index (χ1n) is 6.56. The molecule has 1 atom stereocenters. The number of urea groups is 1. The number of imide groups is 1. The van der Waals surface area contributed by atoms with E-state index in [4.69, 9.17) is 9.47 Å². The normalized spacial score (nSPS) is 22.8. The van der Waals surface area contributed by atoms with Gasteiger partial charge in [0.25, 0.3) is 0 Å². The van der Waals surface area contributed by atoms with E-state index in [1.165, 1.54) is 4.90 Å². The number of hydrogen-bond donors (Lipinski definition) is 0. The fraction of sp³-hybridized carbons (Fsp3) is 0.429. The fourth-order valence-electron chi connectivity index (χ4n) is 2.59. The molecule has 6 heteroatoms. The Morgan fingerprint density at radius 2 is 2.00 bits per heavy atom. The van der Waals surface area contributed by atoms with Crippen LogP contribution in [0.4, 0.5) is 10.5 Å². The summed E-state index contributed by atoms with van der Waals surface area (Å²) in [6, 6.07) is 6.52. The summed E-state index contributed by atoms with van der Waals surface area (Å²) < 4.78 is 10.4. The summed E-state index contributed by atoms with van der Waals surface area (Å²) in [5.74, 6) is 0.502. The number of hydrogen-bond acceptors (Lipinski definition) is 4. The molecule has 0 aliphatic carbocycles. The number of methoxy groups -OCH3 is 1. The van der Waals surface area contributed by atoms with Crippen LogP contribution in [0.2, 0.25) is 0 Å². The summed E-state index contributed by atoms with van der Waals surface area (Å²) in [5.41, 5.74) is 0.575. The number of benzene rings is 1. The minimum absolute atomic E-state index is 0.127. The second kappa shape index (κ2) is 5.13. The standard InChI is InChI=1S/C14H16N2O4/c1-19-12-4-2-10(3-5-12)16-13(17)8-11-9-20-7-6-15(11)14(16)18/h2-5,11H,6-9H2,1H3. The predicted molar refractivity (Wildman–Crippen MR) is 71.8 cm³/mol. The lowest BCUT2D eigenvalue weighted by molar-refractivity contribution is -0.122. The Labute approximate surface area is 116 Å². The van der Waals surface area contributed by atoms with Gasteiger partial charge in [-0.2, -0.15) is 0 Å². The third kappa shape index (κ3) is 2.12. The van der Waals surface area contributed by atoms with Crippen LogP contribution in [0.15, 0.2) is 24.3 Å². The average Bonchev–Trinajstić information content (AvgIpc) is 2.48. The Bertz CT molecular complexity index is 528. The van der Waals surface area contributed by atoms with Crippen LogP contribution < -0.4 is 9.64 Å². The molecule has 1 aromatic carbocycles. The number of nitrogens with zero attached hydrogens (tertiary/aromatic N) is 2. The van der Waals surface area contributed by atoms with Gasteiger partial charge < -0.3 is 14.4 Å². The maximum absolute atomic E-state index is 12.5. The molecule has 0 radical (unpaired) electrons. The van der Waals surface area contributed by atoms with Gasteiger partial charge in [-0.15, -0.1) is 0 Å². The molecule has 0 N–H and O–H groups in total. The van der Waals surface area contributed by atoms with Crippen molar-refractivity contribution in [3.05, 3.63) is 24.3 Å². The number of carbonyl (C=O) groups excluding carboxylic acids is 2. The summed E-state index contributed by atoms with van der Waals surface area (Å²) in [7, 11) is 1.57. The Kier molecular flexibility index (Phi) is 3.31. The maximum atomic E-state index is 12.5. The van der Waals surface area contributed by atoms with E-state index >= 15 is 0 Å². The molecule has 3 rings (SSSR count). The number of fused-ring (bicyclic) bond motifs is 1. The topological polar surface area (TPSA) is 59.1 Å². The lowest BCUT2D eigenvalue weighted by Gasteiger charge is -2.42. The summed E-state index contributed by atoms with van der Waals surface area (Å²) >= 11 is 0. The van der Waals surface area contributed by atoms with E-state index in [0.29, 0.717) is 37.6 Å². The van der Waals surface area contributed by atoms with Crippen molar-refractivity contribution in [2.24, 2.45) is 0 Å². The van der Waals surface area contributed by atoms with Crippen molar-refractivity contribution in [2.45, 2.75) is 12.5 Å². The van der Waals surface area contributed by atoms with Crippen LogP contribution in [0.3, 0.4) is 0 Å². The van der Waals surface area contributed by atoms with Gasteiger partial charge in [0.2, 0.25) is 5.91 Å². The number of morpholine rings is 1. The molecule has 2 fully saturated rings. The van der Waals surface area contributed by atoms with Crippen molar-refractivity contribution in [3.8, 4) is 5.75 Å². The quantitative estimate of drug-likeness (QED) is 0.815. The zero-order chi connectivity index (χ0) is 14.1. The number of rotatable bonds is 2. The highest BCUT2D eigenvalue weighted by Gasteiger charge is 2.40. The Morgan fingerprint density at radius 3 is 2.70 bits per heavy atom. The molecule has 2 saturated heterocycles. The molecule has 2 heterocycles. The van der Waals surface area contributed by atoms with Crippen molar-refractivity contribution in [2.75, 3.05) is 31.8 Å². The molecule has 1 unspecified atom stereocenters. The molecule has 1 aromatic rings. The molecule has 106 valence electrons. The molecule has 0 saturated carbocycles. The second-order valence-electron chi connectivity index (χ2n) is 4.84. The minimum atomic E-state index is -0.264. The van der Waals surface area contributed by atoms with Crippen molar-refractivity contribution < 1.29 is 19.1 Å². The molecular formula is C14H16N2O4. The summed E-state index contributed by atoms with van der Waals surface area (Å²) in [4.78, 5) is 27.6. The van der Waals surface area contributed by atoms with E-state index in [0.717, 1.165) is 0 Å². The van der Waals surface area contributed by atoms with Gasteiger partial charge in [0.1, 0.15) is 5.75 Å². The fourth-order valence-corrected chi connectivity index (χ4v) is 2.59. The molecule has 20 heavy (non-hydrogen) atoms. The first kappa shape index (κ1) is 12.9. The lowest BCUT2D eigenvalue weighted by Crippen LogP contribution is -2.61. The monoisotopic (exact) mass is 276 g/mol. The SMILES string of the molecule is COc1ccc(N2C(=O)CC3COCCN3C2=O)cc1. The van der Waals surface area contributed by atoms with Crippen LogP contribution in [-0.2, 0) is 9.53 Å². The van der Waals surface area contributed by atoms with E-state index in [1.807, 2.05) is 0 Å². The van der Waals surface area contributed by atoms with Crippen molar-refractivity contribution in [3.63, 3.8) is 0 Å². The molecule has 2 aliphatic rings. The Hall–Kier alpha value is -2.08. The third-order valence-electron chi connectivity index (χ3n) is 3.65. The number of ether oxygens (including phenoxy) is 2. The van der Waals surface area contributed by atoms with Gasteiger partial charge in [0.15, 0.2) is 0 Å². The van der Waals surface area contributed by atoms with Gasteiger partial charge in [-0.1, -0.05) is 0 Å². The van der Waals surface area contributed by atoms with Gasteiger partial charge in [-0.3, -0.25) is 4.79 Å². The van der Waals surface area contributed by atoms with E-state index in [-0.39, 0.29) is 18.0 Å². The highest BCUT2D eigenvalue weighted by Crippen LogP contribution is 2.27. The van der Waals surface area contributed by atoms with Crippen LogP contribution >= 0.6 is 0 Å². The van der Waals surface area contributed by atoms with Crippen LogP contribution in [0.1, 0.15) is 6.42 Å². The highest BCUT2D eigenvalue weighted by atomic mass is 16.5. The summed E-state index contributed by atoms with van der Waals surface area (Å²) in [6.07, 6.45) is 0.303. The molecule has 0 spiro atoms. The van der Waals surface area contributed by atoms with E-state index in [1.54, 1.807) is 36.3 Å². The van der Waals surface area contributed by atoms with Crippen LogP contribution in [-0.4, -0.2) is 49.7 Å². The third-order valence-corrected chi connectivity index (χ3v) is 3.65. The lowest BCUT2D eigenvalue weighted by atomic mass is 10.1. The molecule has 0 bridgehead atoms. The second-order valence-corrected chi connectivity index (χ2v) is 4.84. The zero-order valence-electron chi connectivity index (χ0n) is 11.2. The van der Waals surface area contributed by atoms with Crippen molar-refractivity contribution >= 4 is 17.6 Å². The van der Waals surface area contributed by atoms with E-state index < -0.39 is 0 Å². The number of anilines is 1. The number of amides is 3. The molecule has 2 aliphatic heterocycles. The maximum Gasteiger partial charge on any atom is 0.331 e. The summed E-state index contributed by atoms with van der Waals surface area (Å²) in [5, 5.41) is 0. The smallest absolute Gasteiger partial charge is 0.331 e. The molecule has 0 aromatic heterocycles. The predicted octanol–water partition coefficient (Wildman–Crippen LogP) is 1.25. The molecular weight excluding hydrogens is 260 g/mol. The highest BCUT2D eigenvalue weighted by molar-refractivity contribution is 6.16.